The molecule has 0 saturated heterocycles. The Morgan fingerprint density at radius 3 is 2.12 bits per heavy atom. The maximum atomic E-state index is 13.7. The van der Waals surface area contributed by atoms with E-state index in [1.807, 2.05) is 18.2 Å². The standard InChI is InChI=1S/C13H11F2NS/c14-11-6-9(8-16)7-12(15)13(11)17-10-4-2-1-3-5-10/h1-7H,8,16H2. The second-order valence-corrected chi connectivity index (χ2v) is 4.59. The molecule has 2 aromatic carbocycles. The van der Waals surface area contributed by atoms with Crippen LogP contribution in [-0.4, -0.2) is 0 Å². The molecular weight excluding hydrogens is 240 g/mol. The molecule has 0 aliphatic rings. The molecule has 1 nitrogen and oxygen atoms in total. The Morgan fingerprint density at radius 2 is 1.59 bits per heavy atom. The van der Waals surface area contributed by atoms with E-state index in [-0.39, 0.29) is 11.4 Å². The van der Waals surface area contributed by atoms with Gasteiger partial charge in [-0.2, -0.15) is 0 Å². The molecule has 0 aromatic heterocycles. The molecule has 0 heterocycles. The van der Waals surface area contributed by atoms with Gasteiger partial charge >= 0.3 is 0 Å². The number of hydrogen-bond acceptors (Lipinski definition) is 2. The van der Waals surface area contributed by atoms with Crippen molar-refractivity contribution in [2.24, 2.45) is 5.73 Å². The van der Waals surface area contributed by atoms with Gasteiger partial charge in [-0.1, -0.05) is 30.0 Å². The lowest BCUT2D eigenvalue weighted by molar-refractivity contribution is 0.537. The van der Waals surface area contributed by atoms with Gasteiger partial charge in [-0.3, -0.25) is 0 Å². The summed E-state index contributed by atoms with van der Waals surface area (Å²) in [5, 5.41) is 0. The van der Waals surface area contributed by atoms with Crippen LogP contribution in [0.3, 0.4) is 0 Å². The molecule has 2 N–H and O–H groups in total. The molecule has 0 atom stereocenters. The minimum Gasteiger partial charge on any atom is -0.326 e. The Hall–Kier alpha value is -1.39. The van der Waals surface area contributed by atoms with Crippen LogP contribution in [0.4, 0.5) is 8.78 Å². The number of nitrogens with two attached hydrogens (primary N) is 1. The lowest BCUT2D eigenvalue weighted by Gasteiger charge is -2.06. The van der Waals surface area contributed by atoms with Crippen molar-refractivity contribution < 1.29 is 8.78 Å². The van der Waals surface area contributed by atoms with E-state index in [1.165, 1.54) is 12.1 Å². The molecule has 0 radical (unpaired) electrons. The SMILES string of the molecule is NCc1cc(F)c(Sc2ccccc2)c(F)c1. The van der Waals surface area contributed by atoms with Gasteiger partial charge in [-0.05, 0) is 29.8 Å². The summed E-state index contributed by atoms with van der Waals surface area (Å²) >= 11 is 1.07. The molecular formula is C13H11F2NS. The Labute approximate surface area is 103 Å². The van der Waals surface area contributed by atoms with Gasteiger partial charge in [0.05, 0.1) is 4.90 Å². The molecule has 17 heavy (non-hydrogen) atoms. The maximum Gasteiger partial charge on any atom is 0.140 e. The van der Waals surface area contributed by atoms with Crippen LogP contribution in [0, 0.1) is 11.6 Å². The number of rotatable bonds is 3. The largest absolute Gasteiger partial charge is 0.326 e. The van der Waals surface area contributed by atoms with Crippen molar-refractivity contribution in [2.45, 2.75) is 16.3 Å². The van der Waals surface area contributed by atoms with Crippen LogP contribution in [0.25, 0.3) is 0 Å². The normalized spacial score (nSPS) is 10.5. The quantitative estimate of drug-likeness (QED) is 0.902. The summed E-state index contributed by atoms with van der Waals surface area (Å²) in [5.74, 6) is -1.14. The van der Waals surface area contributed by atoms with E-state index in [4.69, 9.17) is 5.73 Å². The summed E-state index contributed by atoms with van der Waals surface area (Å²) in [6, 6.07) is 11.7. The number of hydrogen-bond donors (Lipinski definition) is 1. The van der Waals surface area contributed by atoms with Gasteiger partial charge in [0.25, 0.3) is 0 Å². The summed E-state index contributed by atoms with van der Waals surface area (Å²) in [6.07, 6.45) is 0. The molecule has 0 aliphatic carbocycles. The molecule has 88 valence electrons. The van der Waals surface area contributed by atoms with Crippen LogP contribution >= 0.6 is 11.8 Å². The van der Waals surface area contributed by atoms with E-state index < -0.39 is 11.6 Å². The molecule has 0 amide bonds. The predicted molar refractivity (Wildman–Crippen MR) is 64.8 cm³/mol. The molecule has 2 rings (SSSR count). The summed E-state index contributed by atoms with van der Waals surface area (Å²) in [4.78, 5) is 0.805. The molecule has 4 heteroatoms. The monoisotopic (exact) mass is 251 g/mol. The van der Waals surface area contributed by atoms with E-state index in [2.05, 4.69) is 0 Å². The summed E-state index contributed by atoms with van der Waals surface area (Å²) in [6.45, 7) is 0.129. The number of benzene rings is 2. The predicted octanol–water partition coefficient (Wildman–Crippen LogP) is 3.57. The first-order valence-corrected chi connectivity index (χ1v) is 5.93. The van der Waals surface area contributed by atoms with Crippen LogP contribution in [0.1, 0.15) is 5.56 Å². The van der Waals surface area contributed by atoms with E-state index in [1.54, 1.807) is 12.1 Å². The highest BCUT2D eigenvalue weighted by Gasteiger charge is 2.12. The highest BCUT2D eigenvalue weighted by atomic mass is 32.2. The molecule has 0 spiro atoms. The molecule has 2 aromatic rings. The van der Waals surface area contributed by atoms with Crippen LogP contribution in [0.2, 0.25) is 0 Å². The summed E-state index contributed by atoms with van der Waals surface area (Å²) in [5.41, 5.74) is 5.81. The highest BCUT2D eigenvalue weighted by Crippen LogP contribution is 2.32. The average Bonchev–Trinajstić information content (AvgIpc) is 2.35. The van der Waals surface area contributed by atoms with Crippen molar-refractivity contribution in [1.82, 2.24) is 0 Å². The molecule has 0 bridgehead atoms. The first kappa shape index (κ1) is 12.1. The maximum absolute atomic E-state index is 13.7. The first-order valence-electron chi connectivity index (χ1n) is 5.11. The van der Waals surface area contributed by atoms with Crippen molar-refractivity contribution in [1.29, 1.82) is 0 Å². The third kappa shape index (κ3) is 2.84. The fourth-order valence-electron chi connectivity index (χ4n) is 1.43. The lowest BCUT2D eigenvalue weighted by atomic mass is 10.2. The van der Waals surface area contributed by atoms with Crippen molar-refractivity contribution in [3.8, 4) is 0 Å². The topological polar surface area (TPSA) is 26.0 Å². The smallest absolute Gasteiger partial charge is 0.140 e. The van der Waals surface area contributed by atoms with Crippen LogP contribution in [0.5, 0.6) is 0 Å². The van der Waals surface area contributed by atoms with E-state index in [0.717, 1.165) is 16.7 Å². The molecule has 0 aliphatic heterocycles. The Kier molecular flexibility index (Phi) is 3.76. The van der Waals surface area contributed by atoms with Crippen molar-refractivity contribution in [3.05, 3.63) is 59.7 Å². The Bertz CT molecular complexity index is 491. The second-order valence-electron chi connectivity index (χ2n) is 3.51. The van der Waals surface area contributed by atoms with Gasteiger partial charge in [0.15, 0.2) is 0 Å². The zero-order chi connectivity index (χ0) is 12.3. The average molecular weight is 251 g/mol. The van der Waals surface area contributed by atoms with Gasteiger partial charge < -0.3 is 5.73 Å². The van der Waals surface area contributed by atoms with Gasteiger partial charge in [-0.25, -0.2) is 8.78 Å². The summed E-state index contributed by atoms with van der Waals surface area (Å²) < 4.78 is 27.3. The minimum atomic E-state index is -0.570. The van der Waals surface area contributed by atoms with Gasteiger partial charge in [0.1, 0.15) is 11.6 Å². The fourth-order valence-corrected chi connectivity index (χ4v) is 2.28. The second kappa shape index (κ2) is 5.29. The lowest BCUT2D eigenvalue weighted by Crippen LogP contribution is -1.99. The van der Waals surface area contributed by atoms with Crippen molar-refractivity contribution >= 4 is 11.8 Å². The van der Waals surface area contributed by atoms with Crippen LogP contribution < -0.4 is 5.73 Å². The Balaban J connectivity index is 2.33. The third-order valence-corrected chi connectivity index (χ3v) is 3.36. The minimum absolute atomic E-state index is 0.00778. The van der Waals surface area contributed by atoms with Gasteiger partial charge in [0.2, 0.25) is 0 Å². The molecule has 0 unspecified atom stereocenters. The van der Waals surface area contributed by atoms with Gasteiger partial charge in [-0.15, -0.1) is 0 Å². The Morgan fingerprint density at radius 1 is 1.00 bits per heavy atom. The van der Waals surface area contributed by atoms with E-state index in [0.29, 0.717) is 5.56 Å². The van der Waals surface area contributed by atoms with Crippen LogP contribution in [0.15, 0.2) is 52.3 Å². The fraction of sp³-hybridized carbons (Fsp3) is 0.0769. The van der Waals surface area contributed by atoms with E-state index >= 15 is 0 Å². The molecule has 0 fully saturated rings. The first-order chi connectivity index (χ1) is 8.20. The highest BCUT2D eigenvalue weighted by molar-refractivity contribution is 7.99. The zero-order valence-electron chi connectivity index (χ0n) is 8.99. The van der Waals surface area contributed by atoms with E-state index in [9.17, 15) is 8.78 Å². The van der Waals surface area contributed by atoms with Crippen LogP contribution in [-0.2, 0) is 6.54 Å². The third-order valence-electron chi connectivity index (χ3n) is 2.26. The zero-order valence-corrected chi connectivity index (χ0v) is 9.81. The van der Waals surface area contributed by atoms with Gasteiger partial charge in [0, 0.05) is 11.4 Å². The molecule has 0 saturated carbocycles. The van der Waals surface area contributed by atoms with Crippen molar-refractivity contribution in [3.63, 3.8) is 0 Å². The summed E-state index contributed by atoms with van der Waals surface area (Å²) in [7, 11) is 0. The van der Waals surface area contributed by atoms with Crippen molar-refractivity contribution in [2.75, 3.05) is 0 Å². The number of halogens is 2.